The van der Waals surface area contributed by atoms with E-state index in [9.17, 15) is 0 Å². The van der Waals surface area contributed by atoms with E-state index in [-0.39, 0.29) is 21.7 Å². The molecule has 0 N–H and O–H groups in total. The van der Waals surface area contributed by atoms with Gasteiger partial charge >= 0.3 is 0 Å². The summed E-state index contributed by atoms with van der Waals surface area (Å²) in [5.41, 5.74) is 21.3. The van der Waals surface area contributed by atoms with Crippen LogP contribution < -0.4 is 14.5 Å². The Kier molecular flexibility index (Phi) is 13.2. The highest BCUT2D eigenvalue weighted by Gasteiger charge is 2.32. The smallest absolute Gasteiger partial charge is 0.137 e. The Hall–Kier alpha value is -8.67. The molecule has 2 aromatic heterocycles. The Morgan fingerprint density at radius 3 is 1.54 bits per heavy atom. The third-order valence-corrected chi connectivity index (χ3v) is 16.3. The maximum atomic E-state index is 6.95. The Bertz CT molecular complexity index is 4150. The van der Waals surface area contributed by atoms with E-state index >= 15 is 0 Å². The molecule has 0 atom stereocenters. The fourth-order valence-corrected chi connectivity index (χ4v) is 11.8. The van der Waals surface area contributed by atoms with Gasteiger partial charge in [0.2, 0.25) is 0 Å². The average molecular weight is 1060 g/mol. The summed E-state index contributed by atoms with van der Waals surface area (Å²) in [6, 6.07) is 77.8. The van der Waals surface area contributed by atoms with Crippen LogP contribution in [0.25, 0.3) is 72.1 Å². The van der Waals surface area contributed by atoms with Crippen LogP contribution in [0.15, 0.2) is 219 Å². The predicted molar refractivity (Wildman–Crippen MR) is 344 cm³/mol. The van der Waals surface area contributed by atoms with Crippen molar-refractivity contribution in [3.63, 3.8) is 0 Å². The number of para-hydroxylation sites is 4. The first-order chi connectivity index (χ1) is 38.7. The summed E-state index contributed by atoms with van der Waals surface area (Å²) >= 11 is 0. The summed E-state index contributed by atoms with van der Waals surface area (Å²) in [7, 11) is 0. The molecule has 0 spiro atoms. The number of aromatic nitrogens is 2. The maximum absolute atomic E-state index is 6.95. The van der Waals surface area contributed by atoms with Crippen LogP contribution in [0.3, 0.4) is 0 Å². The molecule has 81 heavy (non-hydrogen) atoms. The highest BCUT2D eigenvalue weighted by atomic mass is 16.5. The largest absolute Gasteiger partial charge is 0.457 e. The zero-order chi connectivity index (χ0) is 56.6. The molecule has 0 saturated carbocycles. The van der Waals surface area contributed by atoms with Crippen LogP contribution in [0.1, 0.15) is 105 Å². The molecule has 5 heteroatoms. The van der Waals surface area contributed by atoms with E-state index in [4.69, 9.17) is 9.72 Å². The summed E-state index contributed by atoms with van der Waals surface area (Å²) in [6.07, 6.45) is 2.08. The molecule has 0 bridgehead atoms. The first kappa shape index (κ1) is 53.0. The lowest BCUT2D eigenvalue weighted by Gasteiger charge is -2.28. The number of hydrogen-bond acceptors (Lipinski definition) is 4. The van der Waals surface area contributed by atoms with Crippen molar-refractivity contribution in [2.75, 3.05) is 16.5 Å². The van der Waals surface area contributed by atoms with Crippen LogP contribution in [-0.2, 0) is 21.7 Å². The van der Waals surface area contributed by atoms with E-state index in [1.54, 1.807) is 0 Å². The molecular formula is C76H74N4O. The highest BCUT2D eigenvalue weighted by Crippen LogP contribution is 2.51. The number of ether oxygens (including phenoxy) is 1. The van der Waals surface area contributed by atoms with Gasteiger partial charge in [-0.25, -0.2) is 4.98 Å². The Morgan fingerprint density at radius 1 is 0.370 bits per heavy atom. The number of anilines is 4. The second-order valence-electron chi connectivity index (χ2n) is 26.2. The fraction of sp³-hybridized carbons (Fsp3) is 0.224. The van der Waals surface area contributed by atoms with Crippen LogP contribution in [-0.4, -0.2) is 16.2 Å². The predicted octanol–water partition coefficient (Wildman–Crippen LogP) is 21.1. The normalized spacial score (nSPS) is 13.1. The average Bonchev–Trinajstić information content (AvgIpc) is 4.24. The van der Waals surface area contributed by atoms with Gasteiger partial charge in [-0.1, -0.05) is 235 Å². The summed E-state index contributed by atoms with van der Waals surface area (Å²) in [5, 5.41) is 2.32. The molecule has 12 rings (SSSR count). The van der Waals surface area contributed by atoms with Gasteiger partial charge in [0.25, 0.3) is 0 Å². The Labute approximate surface area is 480 Å². The van der Waals surface area contributed by atoms with Crippen LogP contribution in [0.2, 0.25) is 0 Å². The molecule has 11 aromatic rings. The van der Waals surface area contributed by atoms with Gasteiger partial charge in [0.15, 0.2) is 0 Å². The van der Waals surface area contributed by atoms with E-state index in [1.807, 2.05) is 0 Å². The zero-order valence-corrected chi connectivity index (χ0v) is 49.2. The first-order valence-corrected chi connectivity index (χ1v) is 28.7. The second-order valence-corrected chi connectivity index (χ2v) is 26.2. The molecule has 3 heterocycles. The molecule has 1 aliphatic heterocycles. The van der Waals surface area contributed by atoms with E-state index < -0.39 is 0 Å². The molecule has 5 nitrogen and oxygen atoms in total. The molecule has 0 aliphatic carbocycles. The minimum atomic E-state index is -0.147. The summed E-state index contributed by atoms with van der Waals surface area (Å²) in [5.74, 6) is 2.39. The number of pyridine rings is 1. The van der Waals surface area contributed by atoms with Gasteiger partial charge in [0.05, 0.1) is 28.1 Å². The van der Waals surface area contributed by atoms with Gasteiger partial charge in [-0.15, -0.1) is 0 Å². The van der Waals surface area contributed by atoms with Gasteiger partial charge in [-0.3, -0.25) is 4.57 Å². The topological polar surface area (TPSA) is 33.5 Å². The Balaban J connectivity index is 0.909. The van der Waals surface area contributed by atoms with Crippen molar-refractivity contribution in [1.29, 1.82) is 0 Å². The van der Waals surface area contributed by atoms with Gasteiger partial charge in [0, 0.05) is 51.5 Å². The minimum Gasteiger partial charge on any atom is -0.457 e. The van der Waals surface area contributed by atoms with Crippen LogP contribution in [0.4, 0.5) is 22.7 Å². The van der Waals surface area contributed by atoms with Crippen molar-refractivity contribution in [1.82, 2.24) is 9.55 Å². The number of benzene rings is 9. The van der Waals surface area contributed by atoms with Crippen LogP contribution >= 0.6 is 0 Å². The van der Waals surface area contributed by atoms with E-state index in [0.717, 1.165) is 56.4 Å². The van der Waals surface area contributed by atoms with Gasteiger partial charge in [-0.2, -0.15) is 0 Å². The number of hydrogen-bond donors (Lipinski definition) is 0. The van der Waals surface area contributed by atoms with Gasteiger partial charge in [-0.05, 0) is 120 Å². The molecule has 1 aliphatic rings. The number of fused-ring (bicyclic) bond motifs is 4. The van der Waals surface area contributed by atoms with Crippen molar-refractivity contribution in [2.24, 2.45) is 0 Å². The van der Waals surface area contributed by atoms with Crippen molar-refractivity contribution >= 4 is 44.6 Å². The van der Waals surface area contributed by atoms with E-state index in [2.05, 4.69) is 316 Å². The summed E-state index contributed by atoms with van der Waals surface area (Å²) in [6.45, 7) is 28.0. The number of nitrogens with zero attached hydrogens (tertiary/aromatic N) is 4. The molecule has 404 valence electrons. The SMILES string of the molecule is CC(C)(C)c1ccc(-c2ccc(-c3cccc(-c4cccc(C(C)(C)C)c4)c3N3CN(c4cccc(Oc5ccc6c7ccccc7n(-c7cc(C(C)(C)C)c(-c8cccc(C(C)(C)C)c8)cn7)c6c5)c4)c4ccccc43)cc2)cc1. The molecular weight excluding hydrogens is 985 g/mol. The Morgan fingerprint density at radius 2 is 0.901 bits per heavy atom. The third kappa shape index (κ3) is 10.2. The monoisotopic (exact) mass is 1060 g/mol. The fourth-order valence-electron chi connectivity index (χ4n) is 11.8. The standard InChI is InChI=1S/C76H74N4O/c1-73(2,3)55-39-37-51(38-40-55)50-33-35-52(36-34-50)61-28-20-29-62(53-21-17-23-56(43-53)74(4,5)6)72(61)79-49-78(68-31-15-16-32-69(68)79)58-25-19-26-59(45-58)81-60-41-42-64-63-27-13-14-30-67(63)80(70(64)46-60)71-47-66(76(10,11)12)65(48-77-71)54-22-18-24-57(44-54)75(7,8)9/h13-48H,49H2,1-12H3. The van der Waals surface area contributed by atoms with Crippen molar-refractivity contribution < 1.29 is 4.74 Å². The lowest BCUT2D eigenvalue weighted by molar-refractivity contribution is 0.483. The van der Waals surface area contributed by atoms with Crippen molar-refractivity contribution in [3.05, 3.63) is 241 Å². The first-order valence-electron chi connectivity index (χ1n) is 28.7. The maximum Gasteiger partial charge on any atom is 0.137 e. The zero-order valence-electron chi connectivity index (χ0n) is 49.2. The summed E-state index contributed by atoms with van der Waals surface area (Å²) in [4.78, 5) is 10.2. The van der Waals surface area contributed by atoms with Crippen molar-refractivity contribution in [2.45, 2.75) is 105 Å². The van der Waals surface area contributed by atoms with Gasteiger partial charge in [0.1, 0.15) is 24.0 Å². The molecule has 0 fully saturated rings. The molecule has 0 radical (unpaired) electrons. The van der Waals surface area contributed by atoms with Crippen LogP contribution in [0.5, 0.6) is 11.5 Å². The quantitative estimate of drug-likeness (QED) is 0.144. The van der Waals surface area contributed by atoms with Crippen LogP contribution in [0, 0.1) is 0 Å². The van der Waals surface area contributed by atoms with Gasteiger partial charge < -0.3 is 14.5 Å². The number of rotatable bonds is 9. The molecule has 9 aromatic carbocycles. The molecule has 0 saturated heterocycles. The lowest BCUT2D eigenvalue weighted by atomic mass is 9.81. The van der Waals surface area contributed by atoms with Crippen molar-refractivity contribution in [3.8, 4) is 61.8 Å². The summed E-state index contributed by atoms with van der Waals surface area (Å²) < 4.78 is 9.25. The molecule has 0 amide bonds. The minimum absolute atomic E-state index is 0.0112. The van der Waals surface area contributed by atoms with E-state index in [0.29, 0.717) is 6.67 Å². The molecule has 0 unspecified atom stereocenters. The van der Waals surface area contributed by atoms with E-state index in [1.165, 1.54) is 72.3 Å². The lowest BCUT2D eigenvalue weighted by Crippen LogP contribution is -2.25. The highest BCUT2D eigenvalue weighted by molar-refractivity contribution is 6.09. The second kappa shape index (κ2) is 20.1. The third-order valence-electron chi connectivity index (χ3n) is 16.3.